The van der Waals surface area contributed by atoms with Crippen molar-refractivity contribution in [1.29, 1.82) is 0 Å². The summed E-state index contributed by atoms with van der Waals surface area (Å²) in [6.07, 6.45) is 17.2. The van der Waals surface area contributed by atoms with Crippen LogP contribution in [0.1, 0.15) is 45.1 Å². The second-order valence-electron chi connectivity index (χ2n) is 9.62. The number of methoxy groups -OCH3 is 1. The Morgan fingerprint density at radius 2 is 1.88 bits per heavy atom. The van der Waals surface area contributed by atoms with Crippen molar-refractivity contribution in [3.63, 3.8) is 0 Å². The van der Waals surface area contributed by atoms with E-state index in [1.54, 1.807) is 31.2 Å². The summed E-state index contributed by atoms with van der Waals surface area (Å²) in [6, 6.07) is 8.64. The largest absolute Gasteiger partial charge is 0.490 e. The number of carbonyl (C=O) groups excluding carboxylic acids is 3. The van der Waals surface area contributed by atoms with E-state index < -0.39 is 17.9 Å². The lowest BCUT2D eigenvalue weighted by atomic mass is 10.1. The van der Waals surface area contributed by atoms with Crippen molar-refractivity contribution in [2.24, 2.45) is 5.90 Å². The van der Waals surface area contributed by atoms with Gasteiger partial charge < -0.3 is 24.9 Å². The highest BCUT2D eigenvalue weighted by atomic mass is 35.5. The first-order valence-electron chi connectivity index (χ1n) is 13.7. The average Bonchev–Trinajstić information content (AvgIpc) is 2.98. The number of rotatable bonds is 16. The molecule has 3 unspecified atom stereocenters. The molecule has 3 atom stereocenters. The number of amides is 2. The van der Waals surface area contributed by atoms with Gasteiger partial charge in [-0.3, -0.25) is 9.59 Å². The lowest BCUT2D eigenvalue weighted by molar-refractivity contribution is -0.149. The third kappa shape index (κ3) is 13.6. The van der Waals surface area contributed by atoms with E-state index in [0.717, 1.165) is 11.1 Å². The van der Waals surface area contributed by atoms with E-state index in [-0.39, 0.29) is 23.9 Å². The summed E-state index contributed by atoms with van der Waals surface area (Å²) in [5.74, 6) is 4.35. The Morgan fingerprint density at radius 1 is 1.14 bits per heavy atom. The molecular formula is C32H40ClN3O6. The summed E-state index contributed by atoms with van der Waals surface area (Å²) in [4.78, 5) is 42.3. The van der Waals surface area contributed by atoms with Gasteiger partial charge in [-0.25, -0.2) is 10.7 Å². The third-order valence-corrected chi connectivity index (χ3v) is 6.35. The van der Waals surface area contributed by atoms with Gasteiger partial charge in [-0.05, 0) is 44.5 Å². The third-order valence-electron chi connectivity index (χ3n) is 6.19. The molecule has 2 rings (SSSR count). The van der Waals surface area contributed by atoms with Crippen LogP contribution in [0, 0.1) is 0 Å². The van der Waals surface area contributed by atoms with E-state index in [2.05, 4.69) is 10.6 Å². The van der Waals surface area contributed by atoms with E-state index in [1.807, 2.05) is 55.5 Å². The zero-order valence-corrected chi connectivity index (χ0v) is 25.0. The molecule has 0 spiro atoms. The molecule has 0 saturated carbocycles. The summed E-state index contributed by atoms with van der Waals surface area (Å²) in [7, 11) is 1.44. The molecule has 226 valence electrons. The van der Waals surface area contributed by atoms with Crippen LogP contribution in [0.4, 0.5) is 0 Å². The van der Waals surface area contributed by atoms with Crippen molar-refractivity contribution in [3.8, 4) is 0 Å². The Kier molecular flexibility index (Phi) is 15.7. The molecule has 1 aliphatic rings. The van der Waals surface area contributed by atoms with Crippen LogP contribution >= 0.6 is 11.6 Å². The maximum absolute atomic E-state index is 12.9. The van der Waals surface area contributed by atoms with Gasteiger partial charge in [0.1, 0.15) is 12.1 Å². The minimum absolute atomic E-state index is 0.229. The molecule has 10 heteroatoms. The lowest BCUT2D eigenvalue weighted by Gasteiger charge is -2.20. The molecule has 0 fully saturated rings. The molecule has 1 heterocycles. The molecule has 9 nitrogen and oxygen atoms in total. The summed E-state index contributed by atoms with van der Waals surface area (Å²) in [5, 5.41) is 6.15. The van der Waals surface area contributed by atoms with Crippen molar-refractivity contribution in [1.82, 2.24) is 10.6 Å². The quantitative estimate of drug-likeness (QED) is 0.108. The lowest BCUT2D eigenvalue weighted by Crippen LogP contribution is -2.46. The molecule has 0 saturated heterocycles. The van der Waals surface area contributed by atoms with E-state index >= 15 is 0 Å². The second-order valence-corrected chi connectivity index (χ2v) is 10.2. The van der Waals surface area contributed by atoms with Crippen molar-refractivity contribution in [2.45, 2.75) is 64.2 Å². The van der Waals surface area contributed by atoms with Crippen LogP contribution in [-0.4, -0.2) is 43.1 Å². The smallest absolute Gasteiger partial charge is 0.373 e. The highest BCUT2D eigenvalue weighted by Crippen LogP contribution is 2.18. The van der Waals surface area contributed by atoms with Gasteiger partial charge in [-0.2, -0.15) is 0 Å². The molecule has 4 N–H and O–H groups in total. The number of cyclic esters (lactones) is 1. The molecule has 2 amide bonds. The standard InChI is InChI=1S/C32H40ClN3O6/c1-23(15-17-26-19-20-29(40-3)32(39)41-26)10-7-8-14-30(37)36-28(22-25-11-5-4-6-12-25)31(38)35-21-9-13-27(42-34)18-16-24(2)33/h4-12,14-16,20-21,26-28H,13,17-19,22,34H2,1-3H3,(H,35,38)(H,36,37)/b10-7-,14-8-,21-9-,23-15+,24-16+. The van der Waals surface area contributed by atoms with Crippen LogP contribution in [0.3, 0.4) is 0 Å². The minimum Gasteiger partial charge on any atom is -0.490 e. The fraction of sp³-hybridized carbons (Fsp3) is 0.344. The maximum Gasteiger partial charge on any atom is 0.373 e. The Bertz CT molecular complexity index is 1220. The van der Waals surface area contributed by atoms with Gasteiger partial charge in [-0.15, -0.1) is 0 Å². The number of carbonyl (C=O) groups is 3. The van der Waals surface area contributed by atoms with Gasteiger partial charge in [0, 0.05) is 30.4 Å². The zero-order chi connectivity index (χ0) is 30.7. The Balaban J connectivity index is 1.92. The van der Waals surface area contributed by atoms with Gasteiger partial charge in [0.25, 0.3) is 0 Å². The molecule has 0 aliphatic carbocycles. The number of esters is 1. The number of hydrogen-bond donors (Lipinski definition) is 3. The number of allylic oxidation sites excluding steroid dienone is 5. The van der Waals surface area contributed by atoms with Gasteiger partial charge in [-0.1, -0.05) is 84.0 Å². The Labute approximate surface area is 252 Å². The van der Waals surface area contributed by atoms with Crippen LogP contribution in [-0.2, 0) is 35.1 Å². The fourth-order valence-electron chi connectivity index (χ4n) is 3.87. The summed E-state index contributed by atoms with van der Waals surface area (Å²) in [6.45, 7) is 3.68. The number of halogens is 1. The molecule has 1 aromatic rings. The predicted molar refractivity (Wildman–Crippen MR) is 164 cm³/mol. The van der Waals surface area contributed by atoms with Crippen LogP contribution < -0.4 is 16.5 Å². The van der Waals surface area contributed by atoms with Crippen molar-refractivity contribution in [2.75, 3.05) is 7.11 Å². The number of hydrogen-bond acceptors (Lipinski definition) is 7. The first kappa shape index (κ1) is 34.3. The minimum atomic E-state index is -0.797. The van der Waals surface area contributed by atoms with Gasteiger partial charge in [0.05, 0.1) is 13.2 Å². The molecule has 1 aliphatic heterocycles. The Hall–Kier alpha value is -3.92. The van der Waals surface area contributed by atoms with Gasteiger partial charge in [0.15, 0.2) is 5.76 Å². The highest BCUT2D eigenvalue weighted by molar-refractivity contribution is 6.29. The molecular weight excluding hydrogens is 558 g/mol. The maximum atomic E-state index is 12.9. The van der Waals surface area contributed by atoms with Gasteiger partial charge in [0.2, 0.25) is 11.8 Å². The average molecular weight is 598 g/mol. The van der Waals surface area contributed by atoms with Crippen LogP contribution in [0.25, 0.3) is 0 Å². The summed E-state index contributed by atoms with van der Waals surface area (Å²) < 4.78 is 10.3. The zero-order valence-electron chi connectivity index (χ0n) is 24.3. The van der Waals surface area contributed by atoms with Crippen LogP contribution in [0.2, 0.25) is 0 Å². The van der Waals surface area contributed by atoms with Crippen molar-refractivity contribution < 1.29 is 28.7 Å². The number of nitrogens with two attached hydrogens (primary N) is 1. The molecule has 42 heavy (non-hydrogen) atoms. The normalized spacial score (nSPS) is 17.7. The first-order chi connectivity index (χ1) is 20.2. The van der Waals surface area contributed by atoms with Crippen LogP contribution in [0.5, 0.6) is 0 Å². The number of nitrogens with one attached hydrogen (secondary N) is 2. The monoisotopic (exact) mass is 597 g/mol. The number of ether oxygens (including phenoxy) is 2. The predicted octanol–water partition coefficient (Wildman–Crippen LogP) is 4.82. The summed E-state index contributed by atoms with van der Waals surface area (Å²) in [5.41, 5.74) is 1.85. The van der Waals surface area contributed by atoms with E-state index in [4.69, 9.17) is 31.8 Å². The Morgan fingerprint density at radius 3 is 2.55 bits per heavy atom. The van der Waals surface area contributed by atoms with E-state index in [0.29, 0.717) is 37.1 Å². The number of benzene rings is 1. The molecule has 0 bridgehead atoms. The van der Waals surface area contributed by atoms with Crippen LogP contribution in [0.15, 0.2) is 102 Å². The second kappa shape index (κ2) is 19.2. The molecule has 0 aromatic heterocycles. The van der Waals surface area contributed by atoms with Gasteiger partial charge >= 0.3 is 5.97 Å². The SMILES string of the molecule is COC1=CCC(C/C=C(C)/C=C\C=C/C(=O)NC(Cc2ccccc2)C(=O)N/C=C\CC(C/C=C(\C)Cl)ON)OC1=O. The van der Waals surface area contributed by atoms with E-state index in [9.17, 15) is 14.4 Å². The first-order valence-corrected chi connectivity index (χ1v) is 14.0. The topological polar surface area (TPSA) is 129 Å². The van der Waals surface area contributed by atoms with Crippen molar-refractivity contribution >= 4 is 29.4 Å². The highest BCUT2D eigenvalue weighted by Gasteiger charge is 2.23. The molecule has 0 radical (unpaired) electrons. The fourth-order valence-corrected chi connectivity index (χ4v) is 3.96. The van der Waals surface area contributed by atoms with E-state index in [1.165, 1.54) is 19.4 Å². The molecule has 1 aromatic carbocycles. The summed E-state index contributed by atoms with van der Waals surface area (Å²) >= 11 is 5.86. The van der Waals surface area contributed by atoms with Crippen molar-refractivity contribution in [3.05, 3.63) is 107 Å².